The number of thioether (sulfide) groups is 1. The Morgan fingerprint density at radius 3 is 2.54 bits per heavy atom. The van der Waals surface area contributed by atoms with E-state index in [0.29, 0.717) is 5.56 Å². The molecule has 0 unspecified atom stereocenters. The average molecular weight is 415 g/mol. The summed E-state index contributed by atoms with van der Waals surface area (Å²) in [5.74, 6) is -1.35. The number of aromatic nitrogens is 2. The van der Waals surface area contributed by atoms with E-state index in [0.717, 1.165) is 31.0 Å². The molecule has 10 heteroatoms. The Kier molecular flexibility index (Phi) is 5.26. The minimum Gasteiger partial charge on any atom is -0.343 e. The van der Waals surface area contributed by atoms with Crippen LogP contribution < -0.4 is 10.9 Å². The minimum atomic E-state index is -4.59. The van der Waals surface area contributed by atoms with E-state index in [-0.39, 0.29) is 16.9 Å². The van der Waals surface area contributed by atoms with Crippen LogP contribution in [0.15, 0.2) is 34.0 Å². The van der Waals surface area contributed by atoms with Gasteiger partial charge in [0.05, 0.1) is 10.9 Å². The highest BCUT2D eigenvalue weighted by molar-refractivity contribution is 8.00. The topological polar surface area (TPSA) is 74.8 Å². The number of carbonyl (C=O) groups is 1. The second-order valence-electron chi connectivity index (χ2n) is 7.01. The van der Waals surface area contributed by atoms with Crippen LogP contribution in [0.2, 0.25) is 0 Å². The first kappa shape index (κ1) is 20.4. The largest absolute Gasteiger partial charge is 0.446 e. The van der Waals surface area contributed by atoms with Gasteiger partial charge in [-0.3, -0.25) is 9.59 Å². The van der Waals surface area contributed by atoms with Crippen molar-refractivity contribution in [2.75, 3.05) is 0 Å². The van der Waals surface area contributed by atoms with Crippen molar-refractivity contribution in [2.24, 2.45) is 5.41 Å². The number of halogens is 4. The van der Waals surface area contributed by atoms with E-state index in [1.807, 2.05) is 6.92 Å². The third-order valence-corrected chi connectivity index (χ3v) is 5.40. The zero-order chi connectivity index (χ0) is 20.7. The van der Waals surface area contributed by atoms with Gasteiger partial charge in [-0.2, -0.15) is 13.2 Å². The van der Waals surface area contributed by atoms with Crippen LogP contribution in [0.5, 0.6) is 0 Å². The molecular weight excluding hydrogens is 398 g/mol. The summed E-state index contributed by atoms with van der Waals surface area (Å²) in [5.41, 5.74) is -5.15. The molecule has 0 bridgehead atoms. The Labute approximate surface area is 161 Å². The van der Waals surface area contributed by atoms with Crippen LogP contribution in [0, 0.1) is 18.2 Å². The van der Waals surface area contributed by atoms with E-state index in [1.54, 1.807) is 0 Å². The molecule has 0 saturated heterocycles. The Morgan fingerprint density at radius 2 is 2.00 bits per heavy atom. The highest BCUT2D eigenvalue weighted by atomic mass is 32.2. The van der Waals surface area contributed by atoms with Crippen LogP contribution >= 0.6 is 11.8 Å². The van der Waals surface area contributed by atoms with E-state index in [4.69, 9.17) is 0 Å². The number of aromatic amines is 1. The molecule has 1 fully saturated rings. The van der Waals surface area contributed by atoms with E-state index in [1.165, 1.54) is 13.0 Å². The fraction of sp³-hybridized carbons (Fsp3) is 0.389. The van der Waals surface area contributed by atoms with Crippen LogP contribution in [0.4, 0.5) is 17.6 Å². The number of aryl methyl sites for hydroxylation is 1. The molecule has 1 aliphatic carbocycles. The molecule has 1 atom stereocenters. The standard InChI is InChI=1S/C18H17F4N3O2S/c1-9-23-12(8-14(26)24-9)16(27)25-15(17(2)5-6-17)10-3-4-13(11(19)7-10)28-18(20,21)22/h3-4,7-8,15H,5-6H2,1-2H3,(H,25,27)(H,23,24,26)/t15-/m0/s1. The molecule has 1 aliphatic rings. The van der Waals surface area contributed by atoms with E-state index < -0.39 is 45.5 Å². The molecule has 2 aromatic rings. The predicted molar refractivity (Wildman–Crippen MR) is 95.5 cm³/mol. The summed E-state index contributed by atoms with van der Waals surface area (Å²) in [4.78, 5) is 30.0. The van der Waals surface area contributed by atoms with E-state index in [2.05, 4.69) is 15.3 Å². The van der Waals surface area contributed by atoms with Gasteiger partial charge in [-0.25, -0.2) is 9.37 Å². The Hall–Kier alpha value is -2.36. The quantitative estimate of drug-likeness (QED) is 0.570. The maximum atomic E-state index is 14.2. The normalized spacial score (nSPS) is 16.5. The molecular formula is C18H17F4N3O2S. The van der Waals surface area contributed by atoms with Gasteiger partial charge in [-0.05, 0) is 54.6 Å². The van der Waals surface area contributed by atoms with Crippen molar-refractivity contribution >= 4 is 17.7 Å². The van der Waals surface area contributed by atoms with Crippen molar-refractivity contribution in [2.45, 2.75) is 43.1 Å². The SMILES string of the molecule is Cc1nc(C(=O)N[C@@H](c2ccc(SC(F)(F)F)c(F)c2)C2(C)CC2)cc(=O)[nH]1. The fourth-order valence-electron chi connectivity index (χ4n) is 2.95. The lowest BCUT2D eigenvalue weighted by Crippen LogP contribution is -2.35. The molecule has 0 spiro atoms. The van der Waals surface area contributed by atoms with Gasteiger partial charge in [-0.1, -0.05) is 13.0 Å². The fourth-order valence-corrected chi connectivity index (χ4v) is 3.49. The van der Waals surface area contributed by atoms with Crippen LogP contribution in [0.1, 0.15) is 47.7 Å². The number of nitrogens with zero attached hydrogens (tertiary/aromatic N) is 1. The Morgan fingerprint density at radius 1 is 1.32 bits per heavy atom. The van der Waals surface area contributed by atoms with Crippen molar-refractivity contribution in [3.05, 3.63) is 57.5 Å². The van der Waals surface area contributed by atoms with Gasteiger partial charge in [0, 0.05) is 6.07 Å². The first-order valence-corrected chi connectivity index (χ1v) is 9.22. The number of H-pyrrole nitrogens is 1. The van der Waals surface area contributed by atoms with Gasteiger partial charge in [0.25, 0.3) is 11.5 Å². The second kappa shape index (κ2) is 7.23. The number of alkyl halides is 3. The highest BCUT2D eigenvalue weighted by Crippen LogP contribution is 2.54. The number of nitrogens with one attached hydrogen (secondary N) is 2. The number of rotatable bonds is 5. The molecule has 28 heavy (non-hydrogen) atoms. The lowest BCUT2D eigenvalue weighted by Gasteiger charge is -2.25. The lowest BCUT2D eigenvalue weighted by molar-refractivity contribution is -0.0329. The van der Waals surface area contributed by atoms with Gasteiger partial charge in [0.2, 0.25) is 0 Å². The molecule has 2 N–H and O–H groups in total. The maximum absolute atomic E-state index is 14.2. The molecule has 150 valence electrons. The summed E-state index contributed by atoms with van der Waals surface area (Å²) in [6, 6.07) is 3.88. The average Bonchev–Trinajstić information content (AvgIpc) is 3.31. The number of carbonyl (C=O) groups excluding carboxylic acids is 1. The van der Waals surface area contributed by atoms with Gasteiger partial charge >= 0.3 is 5.51 Å². The molecule has 0 aliphatic heterocycles. The van der Waals surface area contributed by atoms with Gasteiger partial charge in [-0.15, -0.1) is 0 Å². The summed E-state index contributed by atoms with van der Waals surface area (Å²) in [6.45, 7) is 3.43. The van der Waals surface area contributed by atoms with Crippen LogP contribution in [0.3, 0.4) is 0 Å². The van der Waals surface area contributed by atoms with Crippen molar-refractivity contribution in [3.8, 4) is 0 Å². The molecule has 3 rings (SSSR count). The van der Waals surface area contributed by atoms with Gasteiger partial charge in [0.1, 0.15) is 17.3 Å². The second-order valence-corrected chi connectivity index (χ2v) is 8.12. The summed E-state index contributed by atoms with van der Waals surface area (Å²) in [6.07, 6.45) is 1.53. The summed E-state index contributed by atoms with van der Waals surface area (Å²) in [7, 11) is 0. The van der Waals surface area contributed by atoms with Crippen LogP contribution in [0.25, 0.3) is 0 Å². The van der Waals surface area contributed by atoms with Crippen LogP contribution in [-0.4, -0.2) is 21.4 Å². The van der Waals surface area contributed by atoms with Gasteiger partial charge in [0.15, 0.2) is 0 Å². The summed E-state index contributed by atoms with van der Waals surface area (Å²) in [5, 5.41) is 2.75. The van der Waals surface area contributed by atoms with Crippen LogP contribution in [-0.2, 0) is 0 Å². The molecule has 1 heterocycles. The number of benzene rings is 1. The third-order valence-electron chi connectivity index (χ3n) is 4.62. The summed E-state index contributed by atoms with van der Waals surface area (Å²) >= 11 is -0.526. The maximum Gasteiger partial charge on any atom is 0.446 e. The smallest absolute Gasteiger partial charge is 0.343 e. The van der Waals surface area contributed by atoms with E-state index >= 15 is 0 Å². The van der Waals surface area contributed by atoms with Crippen molar-refractivity contribution in [3.63, 3.8) is 0 Å². The van der Waals surface area contributed by atoms with Crippen molar-refractivity contribution in [1.29, 1.82) is 0 Å². The lowest BCUT2D eigenvalue weighted by atomic mass is 9.91. The minimum absolute atomic E-state index is 0.0831. The monoisotopic (exact) mass is 415 g/mol. The third kappa shape index (κ3) is 4.73. The molecule has 0 radical (unpaired) electrons. The first-order valence-electron chi connectivity index (χ1n) is 8.41. The van der Waals surface area contributed by atoms with Crippen molar-refractivity contribution in [1.82, 2.24) is 15.3 Å². The van der Waals surface area contributed by atoms with Gasteiger partial charge < -0.3 is 10.3 Å². The number of hydrogen-bond acceptors (Lipinski definition) is 4. The highest BCUT2D eigenvalue weighted by Gasteiger charge is 2.46. The Bertz CT molecular complexity index is 970. The number of hydrogen-bond donors (Lipinski definition) is 2. The zero-order valence-corrected chi connectivity index (χ0v) is 15.8. The predicted octanol–water partition coefficient (Wildman–Crippen LogP) is 4.10. The molecule has 5 nitrogen and oxygen atoms in total. The molecule has 1 aromatic heterocycles. The molecule has 1 aromatic carbocycles. The molecule has 1 saturated carbocycles. The number of amides is 1. The Balaban J connectivity index is 1.88. The molecule has 1 amide bonds. The first-order chi connectivity index (χ1) is 13.0. The van der Waals surface area contributed by atoms with Crippen molar-refractivity contribution < 1.29 is 22.4 Å². The zero-order valence-electron chi connectivity index (χ0n) is 15.0. The van der Waals surface area contributed by atoms with E-state index in [9.17, 15) is 27.2 Å². The summed E-state index contributed by atoms with van der Waals surface area (Å²) < 4.78 is 51.8.